The molecule has 33 heavy (non-hydrogen) atoms. The van der Waals surface area contributed by atoms with E-state index in [0.717, 1.165) is 54.3 Å². The zero-order valence-corrected chi connectivity index (χ0v) is 18.4. The van der Waals surface area contributed by atoms with Gasteiger partial charge in [-0.15, -0.1) is 0 Å². The molecular weight excluding hydrogens is 443 g/mol. The second-order valence-electron chi connectivity index (χ2n) is 7.94. The Hall–Kier alpha value is -3.37. The van der Waals surface area contributed by atoms with Crippen LogP contribution in [0.5, 0.6) is 0 Å². The monoisotopic (exact) mass is 464 g/mol. The number of nitrogens with zero attached hydrogens (tertiary/aromatic N) is 4. The smallest absolute Gasteiger partial charge is 0.290 e. The quantitative estimate of drug-likeness (QED) is 0.555. The molecule has 8 nitrogen and oxygen atoms in total. The van der Waals surface area contributed by atoms with E-state index in [0.29, 0.717) is 23.1 Å². The zero-order chi connectivity index (χ0) is 22.8. The molecule has 5 rings (SSSR count). The predicted molar refractivity (Wildman–Crippen MR) is 125 cm³/mol. The van der Waals surface area contributed by atoms with E-state index in [1.54, 1.807) is 24.4 Å². The Kier molecular flexibility index (Phi) is 6.01. The lowest BCUT2D eigenvalue weighted by Crippen LogP contribution is -2.46. The van der Waals surface area contributed by atoms with Gasteiger partial charge in [0, 0.05) is 37.3 Å². The van der Waals surface area contributed by atoms with Crippen LogP contribution in [0.25, 0.3) is 17.0 Å². The maximum atomic E-state index is 13.4. The van der Waals surface area contributed by atoms with Crippen molar-refractivity contribution in [2.24, 2.45) is 0 Å². The van der Waals surface area contributed by atoms with Crippen LogP contribution in [0.15, 0.2) is 47.5 Å². The van der Waals surface area contributed by atoms with Crippen molar-refractivity contribution < 1.29 is 14.0 Å². The number of carbonyl (C=O) groups excluding carboxylic acids is 2. The topological polar surface area (TPSA) is 100 Å². The van der Waals surface area contributed by atoms with Crippen molar-refractivity contribution in [3.05, 3.63) is 64.7 Å². The number of nitrogens with one attached hydrogen (secondary N) is 2. The van der Waals surface area contributed by atoms with Crippen molar-refractivity contribution in [2.75, 3.05) is 18.0 Å². The van der Waals surface area contributed by atoms with Gasteiger partial charge in [-0.05, 0) is 61.0 Å². The number of rotatable bonds is 5. The first kappa shape index (κ1) is 21.5. The number of carbonyl (C=O) groups is 2. The minimum absolute atomic E-state index is 0.240. The van der Waals surface area contributed by atoms with Crippen LogP contribution < -0.4 is 15.5 Å². The summed E-state index contributed by atoms with van der Waals surface area (Å²) < 4.78 is 13.4. The van der Waals surface area contributed by atoms with Crippen LogP contribution in [-0.2, 0) is 11.3 Å². The van der Waals surface area contributed by atoms with Crippen molar-refractivity contribution in [2.45, 2.75) is 25.4 Å². The molecule has 2 fully saturated rings. The maximum absolute atomic E-state index is 13.4. The second-order valence-corrected chi connectivity index (χ2v) is 8.95. The first-order valence-corrected chi connectivity index (χ1v) is 11.5. The number of hydrogen-bond donors (Lipinski definition) is 2. The van der Waals surface area contributed by atoms with Gasteiger partial charge in [0.2, 0.25) is 5.95 Å². The van der Waals surface area contributed by atoms with Crippen molar-refractivity contribution in [1.29, 1.82) is 0 Å². The van der Waals surface area contributed by atoms with E-state index in [-0.39, 0.29) is 17.1 Å². The first-order valence-electron chi connectivity index (χ1n) is 10.6. The van der Waals surface area contributed by atoms with E-state index in [1.807, 2.05) is 12.1 Å². The highest BCUT2D eigenvalue weighted by atomic mass is 32.2. The van der Waals surface area contributed by atoms with Gasteiger partial charge in [-0.1, -0.05) is 6.07 Å². The first-order chi connectivity index (χ1) is 16.0. The average Bonchev–Trinajstić information content (AvgIpc) is 3.14. The summed E-state index contributed by atoms with van der Waals surface area (Å²) in [5.41, 5.74) is 2.26. The van der Waals surface area contributed by atoms with Gasteiger partial charge in [-0.25, -0.2) is 14.4 Å². The standard InChI is InChI=1S/C23H21FN6O2S/c24-15-4-6-19-14(10-15)3-5-17(27-19)12-26-18-2-1-9-30(13-18)22-25-8-7-16(28-22)11-20-21(31)29-23(32)33-20/h3-8,10-11,18,26H,1-2,9,12-13H2,(H,29,31,32)/b20-11+. The van der Waals surface area contributed by atoms with Crippen LogP contribution in [0.2, 0.25) is 0 Å². The second kappa shape index (κ2) is 9.24. The number of pyridine rings is 1. The summed E-state index contributed by atoms with van der Waals surface area (Å²) in [6.45, 7) is 2.19. The molecule has 4 heterocycles. The van der Waals surface area contributed by atoms with E-state index in [2.05, 4.69) is 30.5 Å². The zero-order valence-electron chi connectivity index (χ0n) is 17.6. The number of aromatic nitrogens is 3. The van der Waals surface area contributed by atoms with Gasteiger partial charge < -0.3 is 10.2 Å². The molecule has 10 heteroatoms. The van der Waals surface area contributed by atoms with E-state index in [9.17, 15) is 14.0 Å². The summed E-state index contributed by atoms with van der Waals surface area (Å²) >= 11 is 0.869. The molecule has 2 N–H and O–H groups in total. The molecule has 0 radical (unpaired) electrons. The highest BCUT2D eigenvalue weighted by molar-refractivity contribution is 8.18. The van der Waals surface area contributed by atoms with Crippen LogP contribution >= 0.6 is 11.8 Å². The fourth-order valence-corrected chi connectivity index (χ4v) is 4.63. The number of imide groups is 1. The van der Waals surface area contributed by atoms with Crippen molar-refractivity contribution in [3.8, 4) is 0 Å². The summed E-state index contributed by atoms with van der Waals surface area (Å²) in [5.74, 6) is -0.0741. The third-order valence-corrected chi connectivity index (χ3v) is 6.38. The number of amides is 2. The molecule has 2 aromatic heterocycles. The Morgan fingerprint density at radius 2 is 2.12 bits per heavy atom. The van der Waals surface area contributed by atoms with E-state index in [1.165, 1.54) is 12.1 Å². The van der Waals surface area contributed by atoms with Gasteiger partial charge in [-0.3, -0.25) is 19.9 Å². The lowest BCUT2D eigenvalue weighted by atomic mass is 10.1. The maximum Gasteiger partial charge on any atom is 0.290 e. The summed E-state index contributed by atoms with van der Waals surface area (Å²) in [4.78, 5) is 39.2. The van der Waals surface area contributed by atoms with Gasteiger partial charge in [0.1, 0.15) is 5.82 Å². The Balaban J connectivity index is 1.24. The average molecular weight is 465 g/mol. The fourth-order valence-electron chi connectivity index (χ4n) is 3.96. The van der Waals surface area contributed by atoms with Crippen molar-refractivity contribution >= 4 is 45.8 Å². The van der Waals surface area contributed by atoms with E-state index < -0.39 is 5.91 Å². The fraction of sp³-hybridized carbons (Fsp3) is 0.261. The number of benzene rings is 1. The van der Waals surface area contributed by atoms with Gasteiger partial charge in [0.05, 0.1) is 21.8 Å². The Morgan fingerprint density at radius 1 is 1.21 bits per heavy atom. The Labute approximate surface area is 193 Å². The molecule has 3 aromatic rings. The minimum atomic E-state index is -0.403. The van der Waals surface area contributed by atoms with Crippen LogP contribution in [0.4, 0.5) is 15.1 Å². The largest absolute Gasteiger partial charge is 0.339 e. The molecule has 0 spiro atoms. The number of fused-ring (bicyclic) bond motifs is 1. The molecule has 2 saturated heterocycles. The van der Waals surface area contributed by atoms with Crippen molar-refractivity contribution in [3.63, 3.8) is 0 Å². The van der Waals surface area contributed by atoms with E-state index in [4.69, 9.17) is 0 Å². The molecule has 0 aliphatic carbocycles. The molecular formula is C23H21FN6O2S. The molecule has 2 aliphatic heterocycles. The summed E-state index contributed by atoms with van der Waals surface area (Å²) in [5, 5.41) is 6.21. The number of thioether (sulfide) groups is 1. The van der Waals surface area contributed by atoms with Gasteiger partial charge >= 0.3 is 0 Å². The van der Waals surface area contributed by atoms with Gasteiger partial charge in [0.15, 0.2) is 0 Å². The molecule has 0 bridgehead atoms. The lowest BCUT2D eigenvalue weighted by Gasteiger charge is -2.33. The summed E-state index contributed by atoms with van der Waals surface area (Å²) in [6, 6.07) is 10.4. The number of piperidine rings is 1. The van der Waals surface area contributed by atoms with Crippen LogP contribution in [0.1, 0.15) is 24.2 Å². The van der Waals surface area contributed by atoms with Gasteiger partial charge in [0.25, 0.3) is 11.1 Å². The van der Waals surface area contributed by atoms with Crippen LogP contribution in [0.3, 0.4) is 0 Å². The summed E-state index contributed by atoms with van der Waals surface area (Å²) in [6.07, 6.45) is 5.28. The Bertz CT molecular complexity index is 1270. The summed E-state index contributed by atoms with van der Waals surface area (Å²) in [7, 11) is 0. The van der Waals surface area contributed by atoms with Crippen LogP contribution in [-0.4, -0.2) is 45.2 Å². The number of hydrogen-bond acceptors (Lipinski definition) is 8. The van der Waals surface area contributed by atoms with Gasteiger partial charge in [-0.2, -0.15) is 0 Å². The molecule has 1 aromatic carbocycles. The SMILES string of the molecule is O=C1NC(=O)/C(=C\c2ccnc(N3CCCC(NCc4ccc5cc(F)ccc5n4)C3)n2)S1. The molecule has 1 unspecified atom stereocenters. The number of halogens is 1. The number of anilines is 1. The predicted octanol–water partition coefficient (Wildman–Crippen LogP) is 3.25. The van der Waals surface area contributed by atoms with E-state index >= 15 is 0 Å². The normalized spacial score (nSPS) is 20.0. The molecule has 2 amide bonds. The third kappa shape index (κ3) is 5.01. The highest BCUT2D eigenvalue weighted by Crippen LogP contribution is 2.25. The lowest BCUT2D eigenvalue weighted by molar-refractivity contribution is -0.115. The molecule has 2 aliphatic rings. The minimum Gasteiger partial charge on any atom is -0.339 e. The molecule has 1 atom stereocenters. The molecule has 0 saturated carbocycles. The Morgan fingerprint density at radius 3 is 2.97 bits per heavy atom. The molecule has 168 valence electrons. The van der Waals surface area contributed by atoms with Crippen molar-refractivity contribution in [1.82, 2.24) is 25.6 Å². The van der Waals surface area contributed by atoms with Crippen LogP contribution in [0, 0.1) is 5.82 Å². The third-order valence-electron chi connectivity index (χ3n) is 5.57. The highest BCUT2D eigenvalue weighted by Gasteiger charge is 2.26.